The molecule has 0 atom stereocenters. The fourth-order valence-corrected chi connectivity index (χ4v) is 2.76. The van der Waals surface area contributed by atoms with Gasteiger partial charge in [-0.3, -0.25) is 20.2 Å². The van der Waals surface area contributed by atoms with Crippen LogP contribution in [0.5, 0.6) is 0 Å². The van der Waals surface area contributed by atoms with E-state index in [-0.39, 0.29) is 10.8 Å². The Kier molecular flexibility index (Phi) is 6.55. The van der Waals surface area contributed by atoms with Gasteiger partial charge in [-0.25, -0.2) is 0 Å². The van der Waals surface area contributed by atoms with Gasteiger partial charge < -0.3 is 9.73 Å². The van der Waals surface area contributed by atoms with Crippen LogP contribution in [0.25, 0.3) is 17.4 Å². The first-order valence-corrected chi connectivity index (χ1v) is 9.20. The zero-order valence-electron chi connectivity index (χ0n) is 15.1. The Bertz CT molecular complexity index is 1150. The number of furan rings is 1. The number of benzene rings is 2. The largest absolute Gasteiger partial charge is 0.457 e. The minimum Gasteiger partial charge on any atom is -0.457 e. The highest BCUT2D eigenvalue weighted by atomic mass is 35.5. The molecule has 0 saturated carbocycles. The molecule has 2 aromatic carbocycles. The second kappa shape index (κ2) is 9.29. The number of rotatable bonds is 5. The Morgan fingerprint density at radius 3 is 2.60 bits per heavy atom. The standard InChI is InChI=1S/C20H13ClFN3O4S/c21-13-3-1-12(2-4-13)18-9-6-15(29-18)7-10-19(26)24-20(30)23-14-5-8-16(22)17(11-14)25(27)28/h1-11H,(H2,23,24,26,30). The van der Waals surface area contributed by atoms with E-state index >= 15 is 0 Å². The van der Waals surface area contributed by atoms with E-state index in [0.29, 0.717) is 16.5 Å². The molecular formula is C20H13ClFN3O4S. The van der Waals surface area contributed by atoms with Gasteiger partial charge >= 0.3 is 5.69 Å². The van der Waals surface area contributed by atoms with Crippen LogP contribution in [0.2, 0.25) is 5.02 Å². The summed E-state index contributed by atoms with van der Waals surface area (Å²) in [5.74, 6) is -0.460. The van der Waals surface area contributed by atoms with Crippen LogP contribution in [0, 0.1) is 15.9 Å². The van der Waals surface area contributed by atoms with E-state index in [4.69, 9.17) is 28.2 Å². The number of anilines is 1. The first-order valence-electron chi connectivity index (χ1n) is 8.41. The van der Waals surface area contributed by atoms with Crippen LogP contribution >= 0.6 is 23.8 Å². The fourth-order valence-electron chi connectivity index (χ4n) is 2.42. The van der Waals surface area contributed by atoms with E-state index in [0.717, 1.165) is 17.7 Å². The number of carbonyl (C=O) groups is 1. The first-order chi connectivity index (χ1) is 14.3. The summed E-state index contributed by atoms with van der Waals surface area (Å²) in [6, 6.07) is 13.7. The first kappa shape index (κ1) is 21.2. The Morgan fingerprint density at radius 2 is 1.90 bits per heavy atom. The van der Waals surface area contributed by atoms with Gasteiger partial charge in [0.05, 0.1) is 4.92 Å². The summed E-state index contributed by atoms with van der Waals surface area (Å²) in [6.07, 6.45) is 2.67. The van der Waals surface area contributed by atoms with Gasteiger partial charge in [-0.2, -0.15) is 4.39 Å². The Morgan fingerprint density at radius 1 is 1.17 bits per heavy atom. The minimum atomic E-state index is -0.972. The molecule has 0 bridgehead atoms. The number of halogens is 2. The lowest BCUT2D eigenvalue weighted by Gasteiger charge is -2.08. The smallest absolute Gasteiger partial charge is 0.306 e. The van der Waals surface area contributed by atoms with E-state index < -0.39 is 22.3 Å². The number of nitro groups is 1. The Labute approximate surface area is 180 Å². The van der Waals surface area contributed by atoms with E-state index in [1.54, 1.807) is 24.3 Å². The molecule has 1 heterocycles. The number of nitro benzene ring substituents is 1. The second-order valence-corrected chi connectivity index (χ2v) is 6.75. The lowest BCUT2D eigenvalue weighted by atomic mass is 10.2. The summed E-state index contributed by atoms with van der Waals surface area (Å²) in [7, 11) is 0. The highest BCUT2D eigenvalue weighted by Crippen LogP contribution is 2.24. The van der Waals surface area contributed by atoms with Crippen molar-refractivity contribution in [2.24, 2.45) is 0 Å². The highest BCUT2D eigenvalue weighted by molar-refractivity contribution is 7.80. The second-order valence-electron chi connectivity index (χ2n) is 5.91. The summed E-state index contributed by atoms with van der Waals surface area (Å²) < 4.78 is 19.0. The molecule has 0 aliphatic heterocycles. The van der Waals surface area contributed by atoms with Crippen LogP contribution in [0.15, 0.2) is 65.1 Å². The molecule has 10 heteroatoms. The molecule has 0 unspecified atom stereocenters. The van der Waals surface area contributed by atoms with Crippen LogP contribution in [-0.4, -0.2) is 15.9 Å². The summed E-state index contributed by atoms with van der Waals surface area (Å²) in [5.41, 5.74) is 0.293. The maximum Gasteiger partial charge on any atom is 0.306 e. The molecule has 0 aliphatic rings. The fraction of sp³-hybridized carbons (Fsp3) is 0. The third-order valence-electron chi connectivity index (χ3n) is 3.79. The van der Waals surface area contributed by atoms with Crippen molar-refractivity contribution in [2.75, 3.05) is 5.32 Å². The van der Waals surface area contributed by atoms with Crippen molar-refractivity contribution in [2.45, 2.75) is 0 Å². The molecule has 1 amide bonds. The van der Waals surface area contributed by atoms with Crippen LogP contribution in [-0.2, 0) is 4.79 Å². The summed E-state index contributed by atoms with van der Waals surface area (Å²) in [6.45, 7) is 0. The van der Waals surface area contributed by atoms with Gasteiger partial charge in [0, 0.05) is 28.4 Å². The van der Waals surface area contributed by atoms with E-state index in [2.05, 4.69) is 10.6 Å². The number of thiocarbonyl (C=S) groups is 1. The number of nitrogens with zero attached hydrogens (tertiary/aromatic N) is 1. The van der Waals surface area contributed by atoms with Crippen molar-refractivity contribution < 1.29 is 18.5 Å². The molecule has 3 rings (SSSR count). The Balaban J connectivity index is 1.58. The number of carbonyl (C=O) groups excluding carboxylic acids is 1. The number of nitrogens with one attached hydrogen (secondary N) is 2. The molecule has 0 fully saturated rings. The molecule has 30 heavy (non-hydrogen) atoms. The molecule has 0 radical (unpaired) electrons. The summed E-state index contributed by atoms with van der Waals surface area (Å²) in [5, 5.41) is 16.2. The van der Waals surface area contributed by atoms with Crippen molar-refractivity contribution in [1.29, 1.82) is 0 Å². The molecule has 1 aromatic heterocycles. The maximum absolute atomic E-state index is 13.4. The van der Waals surface area contributed by atoms with Crippen LogP contribution in [0.4, 0.5) is 15.8 Å². The zero-order valence-corrected chi connectivity index (χ0v) is 16.7. The van der Waals surface area contributed by atoms with Gasteiger partial charge in [0.2, 0.25) is 11.7 Å². The Hall–Kier alpha value is -3.56. The summed E-state index contributed by atoms with van der Waals surface area (Å²) in [4.78, 5) is 21.9. The molecule has 7 nitrogen and oxygen atoms in total. The van der Waals surface area contributed by atoms with Gasteiger partial charge in [-0.05, 0) is 66.8 Å². The van der Waals surface area contributed by atoms with Gasteiger partial charge in [0.15, 0.2) is 5.11 Å². The van der Waals surface area contributed by atoms with Crippen molar-refractivity contribution in [3.8, 4) is 11.3 Å². The average Bonchev–Trinajstić information content (AvgIpc) is 3.17. The van der Waals surface area contributed by atoms with Crippen molar-refractivity contribution >= 4 is 52.3 Å². The van der Waals surface area contributed by atoms with Crippen LogP contribution < -0.4 is 10.6 Å². The number of amides is 1. The average molecular weight is 446 g/mol. The van der Waals surface area contributed by atoms with Crippen molar-refractivity contribution in [3.05, 3.63) is 87.4 Å². The SMILES string of the molecule is O=C(C=Cc1ccc(-c2ccc(Cl)cc2)o1)NC(=S)Nc1ccc(F)c([N+](=O)[O-])c1. The summed E-state index contributed by atoms with van der Waals surface area (Å²) >= 11 is 10.9. The predicted molar refractivity (Wildman–Crippen MR) is 116 cm³/mol. The molecule has 0 saturated heterocycles. The normalized spacial score (nSPS) is 10.7. The quantitative estimate of drug-likeness (QED) is 0.243. The molecule has 3 aromatic rings. The van der Waals surface area contributed by atoms with Gasteiger partial charge in [-0.1, -0.05) is 11.6 Å². The molecule has 0 spiro atoms. The lowest BCUT2D eigenvalue weighted by Crippen LogP contribution is -2.32. The van der Waals surface area contributed by atoms with Crippen LogP contribution in [0.1, 0.15) is 5.76 Å². The van der Waals surface area contributed by atoms with Crippen LogP contribution in [0.3, 0.4) is 0 Å². The third-order valence-corrected chi connectivity index (χ3v) is 4.25. The predicted octanol–water partition coefficient (Wildman–Crippen LogP) is 5.17. The number of hydrogen-bond acceptors (Lipinski definition) is 5. The monoisotopic (exact) mass is 445 g/mol. The molecule has 0 aliphatic carbocycles. The van der Waals surface area contributed by atoms with Gasteiger partial charge in [0.25, 0.3) is 0 Å². The molecule has 152 valence electrons. The van der Waals surface area contributed by atoms with Crippen molar-refractivity contribution in [1.82, 2.24) is 5.32 Å². The number of hydrogen-bond donors (Lipinski definition) is 2. The maximum atomic E-state index is 13.4. The van der Waals surface area contributed by atoms with Gasteiger partial charge in [-0.15, -0.1) is 0 Å². The van der Waals surface area contributed by atoms with Crippen molar-refractivity contribution in [3.63, 3.8) is 0 Å². The molecule has 2 N–H and O–H groups in total. The van der Waals surface area contributed by atoms with E-state index in [9.17, 15) is 19.3 Å². The van der Waals surface area contributed by atoms with Gasteiger partial charge in [0.1, 0.15) is 11.5 Å². The van der Waals surface area contributed by atoms with E-state index in [1.165, 1.54) is 18.2 Å². The highest BCUT2D eigenvalue weighted by Gasteiger charge is 2.15. The van der Waals surface area contributed by atoms with E-state index in [1.807, 2.05) is 12.1 Å². The zero-order chi connectivity index (χ0) is 21.7. The third kappa shape index (κ3) is 5.49. The topological polar surface area (TPSA) is 97.4 Å². The lowest BCUT2D eigenvalue weighted by molar-refractivity contribution is -0.387. The minimum absolute atomic E-state index is 0.105. The molecular weight excluding hydrogens is 433 g/mol.